The summed E-state index contributed by atoms with van der Waals surface area (Å²) in [7, 11) is 0. The molecule has 0 radical (unpaired) electrons. The van der Waals surface area contributed by atoms with Crippen molar-refractivity contribution in [1.29, 1.82) is 5.26 Å². The van der Waals surface area contributed by atoms with E-state index in [1.54, 1.807) is 18.2 Å². The predicted molar refractivity (Wildman–Crippen MR) is 94.4 cm³/mol. The van der Waals surface area contributed by atoms with Gasteiger partial charge in [-0.2, -0.15) is 5.26 Å². The van der Waals surface area contributed by atoms with Crippen LogP contribution in [0.1, 0.15) is 36.6 Å². The summed E-state index contributed by atoms with van der Waals surface area (Å²) >= 11 is 0. The Kier molecular flexibility index (Phi) is 6.16. The molecule has 1 amide bonds. The van der Waals surface area contributed by atoms with E-state index in [9.17, 15) is 4.79 Å². The molecule has 2 aromatic carbocycles. The molecule has 0 saturated heterocycles. The van der Waals surface area contributed by atoms with Crippen molar-refractivity contribution in [2.75, 3.05) is 6.61 Å². The molecule has 4 nitrogen and oxygen atoms in total. The topological polar surface area (TPSA) is 62.1 Å². The lowest BCUT2D eigenvalue weighted by Crippen LogP contribution is -2.24. The van der Waals surface area contributed by atoms with Crippen molar-refractivity contribution >= 4 is 12.0 Å². The maximum atomic E-state index is 12.1. The number of carbonyl (C=O) groups is 1. The number of carbonyl (C=O) groups excluding carboxylic acids is 1. The van der Waals surface area contributed by atoms with Crippen LogP contribution in [-0.4, -0.2) is 12.5 Å². The van der Waals surface area contributed by atoms with Crippen LogP contribution in [0.2, 0.25) is 0 Å². The van der Waals surface area contributed by atoms with Crippen LogP contribution in [-0.2, 0) is 4.79 Å². The lowest BCUT2D eigenvalue weighted by Gasteiger charge is -2.13. The van der Waals surface area contributed by atoms with Crippen LogP contribution < -0.4 is 10.1 Å². The number of hydrogen-bond donors (Lipinski definition) is 1. The van der Waals surface area contributed by atoms with Gasteiger partial charge in [-0.05, 0) is 43.7 Å². The van der Waals surface area contributed by atoms with Crippen LogP contribution in [0.15, 0.2) is 54.6 Å². The number of nitrogens with zero attached hydrogens (tertiary/aromatic N) is 1. The van der Waals surface area contributed by atoms with Gasteiger partial charge in [0.05, 0.1) is 24.3 Å². The second-order valence-corrected chi connectivity index (χ2v) is 5.27. The monoisotopic (exact) mass is 320 g/mol. The van der Waals surface area contributed by atoms with E-state index in [-0.39, 0.29) is 11.9 Å². The van der Waals surface area contributed by atoms with E-state index in [1.807, 2.05) is 50.2 Å². The standard InChI is InChI=1S/C20H20N2O2/c1-3-24-19-7-5-4-6-18(19)12-13-20(23)22-15(2)17-10-8-16(14-21)9-11-17/h4-13,15H,3H2,1-2H3,(H,22,23)/b13-12+. The number of hydrogen-bond acceptors (Lipinski definition) is 3. The zero-order chi connectivity index (χ0) is 17.4. The molecular weight excluding hydrogens is 300 g/mol. The highest BCUT2D eigenvalue weighted by Crippen LogP contribution is 2.19. The molecule has 0 aliphatic carbocycles. The van der Waals surface area contributed by atoms with Crippen molar-refractivity contribution in [1.82, 2.24) is 5.32 Å². The van der Waals surface area contributed by atoms with Crippen molar-refractivity contribution in [2.45, 2.75) is 19.9 Å². The second-order valence-electron chi connectivity index (χ2n) is 5.27. The van der Waals surface area contributed by atoms with Gasteiger partial charge in [0, 0.05) is 11.6 Å². The summed E-state index contributed by atoms with van der Waals surface area (Å²) in [4.78, 5) is 12.1. The van der Waals surface area contributed by atoms with Crippen molar-refractivity contribution in [3.05, 3.63) is 71.3 Å². The highest BCUT2D eigenvalue weighted by atomic mass is 16.5. The number of ether oxygens (including phenoxy) is 1. The number of nitrogens with one attached hydrogen (secondary N) is 1. The van der Waals surface area contributed by atoms with Crippen LogP contribution in [0.3, 0.4) is 0 Å². The van der Waals surface area contributed by atoms with Gasteiger partial charge in [0.15, 0.2) is 0 Å². The first-order valence-corrected chi connectivity index (χ1v) is 7.84. The molecule has 122 valence electrons. The van der Waals surface area contributed by atoms with Gasteiger partial charge in [-0.25, -0.2) is 0 Å². The molecule has 0 aliphatic rings. The Morgan fingerprint density at radius 2 is 1.96 bits per heavy atom. The molecule has 2 rings (SSSR count). The number of para-hydroxylation sites is 1. The predicted octanol–water partition coefficient (Wildman–Crippen LogP) is 3.85. The highest BCUT2D eigenvalue weighted by Gasteiger charge is 2.08. The Morgan fingerprint density at radius 1 is 1.25 bits per heavy atom. The zero-order valence-corrected chi connectivity index (χ0v) is 13.8. The fraction of sp³-hybridized carbons (Fsp3) is 0.200. The Labute approximate surface area is 142 Å². The van der Waals surface area contributed by atoms with E-state index >= 15 is 0 Å². The Morgan fingerprint density at radius 3 is 2.62 bits per heavy atom. The first-order valence-electron chi connectivity index (χ1n) is 7.84. The van der Waals surface area contributed by atoms with Crippen LogP contribution in [0, 0.1) is 11.3 Å². The van der Waals surface area contributed by atoms with Gasteiger partial charge in [0.2, 0.25) is 5.91 Å². The summed E-state index contributed by atoms with van der Waals surface area (Å²) in [6, 6.07) is 16.7. The van der Waals surface area contributed by atoms with E-state index < -0.39 is 0 Å². The van der Waals surface area contributed by atoms with Crippen LogP contribution in [0.4, 0.5) is 0 Å². The summed E-state index contributed by atoms with van der Waals surface area (Å²) < 4.78 is 5.53. The SMILES string of the molecule is CCOc1ccccc1/C=C/C(=O)NC(C)c1ccc(C#N)cc1. The van der Waals surface area contributed by atoms with Crippen LogP contribution >= 0.6 is 0 Å². The number of rotatable bonds is 6. The van der Waals surface area contributed by atoms with E-state index in [1.165, 1.54) is 6.08 Å². The summed E-state index contributed by atoms with van der Waals surface area (Å²) in [5.74, 6) is 0.572. The van der Waals surface area contributed by atoms with Gasteiger partial charge in [-0.3, -0.25) is 4.79 Å². The Hall–Kier alpha value is -3.06. The van der Waals surface area contributed by atoms with Crippen LogP contribution in [0.5, 0.6) is 5.75 Å². The van der Waals surface area contributed by atoms with Crippen molar-refractivity contribution in [2.24, 2.45) is 0 Å². The molecule has 0 bridgehead atoms. The molecule has 4 heteroatoms. The quantitative estimate of drug-likeness (QED) is 0.822. The molecule has 24 heavy (non-hydrogen) atoms. The highest BCUT2D eigenvalue weighted by molar-refractivity contribution is 5.92. The molecule has 0 fully saturated rings. The average Bonchev–Trinajstić information content (AvgIpc) is 2.61. The van der Waals surface area contributed by atoms with Gasteiger partial charge in [-0.15, -0.1) is 0 Å². The number of nitriles is 1. The first-order chi connectivity index (χ1) is 11.6. The van der Waals surface area contributed by atoms with E-state index in [2.05, 4.69) is 11.4 Å². The summed E-state index contributed by atoms with van der Waals surface area (Å²) in [6.45, 7) is 4.40. The van der Waals surface area contributed by atoms with E-state index in [4.69, 9.17) is 10.00 Å². The van der Waals surface area contributed by atoms with Gasteiger partial charge in [0.1, 0.15) is 5.75 Å². The maximum Gasteiger partial charge on any atom is 0.244 e. The van der Waals surface area contributed by atoms with Gasteiger partial charge < -0.3 is 10.1 Å². The molecule has 2 aromatic rings. The maximum absolute atomic E-state index is 12.1. The molecule has 1 N–H and O–H groups in total. The Balaban J connectivity index is 2.00. The number of benzene rings is 2. The third kappa shape index (κ3) is 4.72. The summed E-state index contributed by atoms with van der Waals surface area (Å²) in [6.07, 6.45) is 3.24. The summed E-state index contributed by atoms with van der Waals surface area (Å²) in [5.41, 5.74) is 2.41. The Bertz CT molecular complexity index is 758. The molecule has 1 unspecified atom stereocenters. The first kappa shape index (κ1) is 17.3. The van der Waals surface area contributed by atoms with Gasteiger partial charge in [-0.1, -0.05) is 30.3 Å². The average molecular weight is 320 g/mol. The normalized spacial score (nSPS) is 11.7. The van der Waals surface area contributed by atoms with Gasteiger partial charge in [0.25, 0.3) is 0 Å². The molecule has 1 atom stereocenters. The minimum Gasteiger partial charge on any atom is -0.493 e. The minimum absolute atomic E-state index is 0.142. The van der Waals surface area contributed by atoms with E-state index in [0.717, 1.165) is 16.9 Å². The molecule has 0 heterocycles. The summed E-state index contributed by atoms with van der Waals surface area (Å²) in [5, 5.41) is 11.7. The fourth-order valence-corrected chi connectivity index (χ4v) is 2.26. The molecule has 0 aromatic heterocycles. The van der Waals surface area contributed by atoms with E-state index in [0.29, 0.717) is 12.2 Å². The molecular formula is C20H20N2O2. The van der Waals surface area contributed by atoms with Crippen molar-refractivity contribution < 1.29 is 9.53 Å². The zero-order valence-electron chi connectivity index (χ0n) is 13.8. The molecule has 0 spiro atoms. The van der Waals surface area contributed by atoms with Crippen LogP contribution in [0.25, 0.3) is 6.08 Å². The third-order valence-electron chi connectivity index (χ3n) is 3.53. The number of amides is 1. The molecule has 0 saturated carbocycles. The van der Waals surface area contributed by atoms with Crippen molar-refractivity contribution in [3.63, 3.8) is 0 Å². The second kappa shape index (κ2) is 8.54. The lowest BCUT2D eigenvalue weighted by molar-refractivity contribution is -0.117. The lowest BCUT2D eigenvalue weighted by atomic mass is 10.1. The fourth-order valence-electron chi connectivity index (χ4n) is 2.26. The smallest absolute Gasteiger partial charge is 0.244 e. The third-order valence-corrected chi connectivity index (χ3v) is 3.53. The molecule has 0 aliphatic heterocycles. The minimum atomic E-state index is -0.182. The van der Waals surface area contributed by atoms with Crippen molar-refractivity contribution in [3.8, 4) is 11.8 Å². The largest absolute Gasteiger partial charge is 0.493 e. The van der Waals surface area contributed by atoms with Gasteiger partial charge >= 0.3 is 0 Å².